The van der Waals surface area contributed by atoms with Crippen LogP contribution in [0.1, 0.15) is 52.2 Å². The van der Waals surface area contributed by atoms with Crippen molar-refractivity contribution in [1.29, 1.82) is 0 Å². The summed E-state index contributed by atoms with van der Waals surface area (Å²) in [5, 5.41) is 11.1. The predicted molar refractivity (Wildman–Crippen MR) is 145 cm³/mol. The summed E-state index contributed by atoms with van der Waals surface area (Å²) in [5.41, 5.74) is 0.814. The number of amides is 3. The van der Waals surface area contributed by atoms with Crippen LogP contribution in [0.15, 0.2) is 55.3 Å². The molecular weight excluding hydrogens is 525 g/mol. The van der Waals surface area contributed by atoms with Gasteiger partial charge in [-0.25, -0.2) is 4.98 Å². The molecule has 40 heavy (non-hydrogen) atoms. The lowest BCUT2D eigenvalue weighted by atomic mass is 9.74. The molecule has 2 aromatic heterocycles. The lowest BCUT2D eigenvalue weighted by molar-refractivity contribution is -0.137. The molecule has 210 valence electrons. The van der Waals surface area contributed by atoms with Gasteiger partial charge in [-0.3, -0.25) is 14.4 Å². The van der Waals surface area contributed by atoms with Crippen LogP contribution < -0.4 is 21.3 Å². The van der Waals surface area contributed by atoms with Gasteiger partial charge in [-0.15, -0.1) is 0 Å². The van der Waals surface area contributed by atoms with E-state index in [1.54, 1.807) is 18.2 Å². The van der Waals surface area contributed by atoms with Crippen LogP contribution in [0.25, 0.3) is 11.3 Å². The van der Waals surface area contributed by atoms with Crippen molar-refractivity contribution in [2.24, 2.45) is 0 Å². The minimum absolute atomic E-state index is 0. The number of aromatic nitrogens is 2. The van der Waals surface area contributed by atoms with E-state index in [2.05, 4.69) is 37.8 Å². The van der Waals surface area contributed by atoms with Crippen LogP contribution >= 0.6 is 0 Å². The third kappa shape index (κ3) is 5.62. The first-order chi connectivity index (χ1) is 18.6. The van der Waals surface area contributed by atoms with Crippen molar-refractivity contribution in [2.45, 2.75) is 31.9 Å². The summed E-state index contributed by atoms with van der Waals surface area (Å²) < 4.78 is 40.3. The number of alkyl halides is 3. The number of rotatable bonds is 5. The predicted octanol–water partition coefficient (Wildman–Crippen LogP) is 4.47. The van der Waals surface area contributed by atoms with Gasteiger partial charge in [-0.2, -0.15) is 13.2 Å². The van der Waals surface area contributed by atoms with Crippen LogP contribution in [0, 0.1) is 0 Å². The molecule has 4 heterocycles. The van der Waals surface area contributed by atoms with Crippen molar-refractivity contribution in [2.75, 3.05) is 30.3 Å². The van der Waals surface area contributed by atoms with Crippen LogP contribution in [0.4, 0.5) is 24.7 Å². The number of benzene rings is 1. The maximum absolute atomic E-state index is 13.4. The Morgan fingerprint density at radius 3 is 2.60 bits per heavy atom. The average molecular weight is 555 g/mol. The molecule has 1 unspecified atom stereocenters. The molecule has 1 atom stereocenters. The zero-order chi connectivity index (χ0) is 27.8. The second-order valence-corrected chi connectivity index (χ2v) is 9.59. The van der Waals surface area contributed by atoms with E-state index in [0.29, 0.717) is 29.4 Å². The van der Waals surface area contributed by atoms with Gasteiger partial charge in [0.2, 0.25) is 5.91 Å². The molecule has 1 aromatic carbocycles. The van der Waals surface area contributed by atoms with Crippen LogP contribution in [0.2, 0.25) is 0 Å². The van der Waals surface area contributed by atoms with Crippen molar-refractivity contribution in [3.63, 3.8) is 0 Å². The van der Waals surface area contributed by atoms with Crippen LogP contribution in [-0.2, 0) is 16.4 Å². The number of pyridine rings is 1. The largest absolute Gasteiger partial charge is 0.416 e. The second-order valence-electron chi connectivity index (χ2n) is 9.59. The summed E-state index contributed by atoms with van der Waals surface area (Å²) in [6.07, 6.45) is -0.498. The van der Waals surface area contributed by atoms with Crippen molar-refractivity contribution >= 4 is 29.2 Å². The standard InChI is InChI=1S/C27H25F3N6O3.CH4/c1-2-22(37)34-18-9-16(8-17(11-18)27(28,29)30)24(38)36-21-10-15(4-7-32-21)20-12-19-23(35-20)26(14-33-25(19)39)5-3-6-31-13-26;/h2,4,7-12,31,35H,1,3,5-6,13-14H2,(H,33,39)(H,34,37)(H,32,36,38);1H4. The zero-order valence-electron chi connectivity index (χ0n) is 20.7. The quantitative estimate of drug-likeness (QED) is 0.297. The van der Waals surface area contributed by atoms with Gasteiger partial charge < -0.3 is 26.3 Å². The van der Waals surface area contributed by atoms with Crippen molar-refractivity contribution in [3.05, 3.63) is 77.6 Å². The number of H-pyrrole nitrogens is 1. The Balaban J connectivity index is 0.00000370. The lowest BCUT2D eigenvalue weighted by Crippen LogP contribution is -2.54. The number of aromatic amines is 1. The number of nitrogens with one attached hydrogen (secondary N) is 5. The van der Waals surface area contributed by atoms with E-state index in [1.165, 1.54) is 6.20 Å². The van der Waals surface area contributed by atoms with Crippen LogP contribution in [-0.4, -0.2) is 47.3 Å². The normalized spacial score (nSPS) is 18.2. The number of anilines is 2. The first-order valence-corrected chi connectivity index (χ1v) is 12.2. The Morgan fingerprint density at radius 1 is 1.10 bits per heavy atom. The SMILES string of the molecule is C.C=CC(=O)Nc1cc(C(=O)Nc2cc(-c3cc4c([nH]3)C3(CCCNC3)CNC4=O)ccn2)cc(C(F)(F)F)c1. The molecular formula is C28H29F3N6O3. The fourth-order valence-electron chi connectivity index (χ4n) is 5.02. The molecule has 0 bridgehead atoms. The number of nitrogens with zero attached hydrogens (tertiary/aromatic N) is 1. The van der Waals surface area contributed by atoms with Crippen LogP contribution in [0.5, 0.6) is 0 Å². The molecule has 5 rings (SSSR count). The van der Waals surface area contributed by atoms with E-state index >= 15 is 0 Å². The van der Waals surface area contributed by atoms with Gasteiger partial charge in [0.1, 0.15) is 5.82 Å². The topological polar surface area (TPSA) is 128 Å². The summed E-state index contributed by atoms with van der Waals surface area (Å²) in [7, 11) is 0. The molecule has 2 aliphatic rings. The molecule has 2 aliphatic heterocycles. The number of carbonyl (C=O) groups is 3. The van der Waals surface area contributed by atoms with Gasteiger partial charge in [0.15, 0.2) is 0 Å². The van der Waals surface area contributed by atoms with Gasteiger partial charge in [0.25, 0.3) is 11.8 Å². The fourth-order valence-corrected chi connectivity index (χ4v) is 5.02. The molecule has 9 nitrogen and oxygen atoms in total. The highest BCUT2D eigenvalue weighted by atomic mass is 19.4. The zero-order valence-corrected chi connectivity index (χ0v) is 20.7. The molecule has 1 saturated heterocycles. The molecule has 1 fully saturated rings. The fraction of sp³-hybridized carbons (Fsp3) is 0.286. The highest BCUT2D eigenvalue weighted by Crippen LogP contribution is 2.38. The number of hydrogen-bond acceptors (Lipinski definition) is 5. The van der Waals surface area contributed by atoms with E-state index in [9.17, 15) is 27.6 Å². The molecule has 3 aromatic rings. The first kappa shape index (κ1) is 28.6. The minimum Gasteiger partial charge on any atom is -0.357 e. The Morgan fingerprint density at radius 2 is 1.90 bits per heavy atom. The smallest absolute Gasteiger partial charge is 0.357 e. The maximum Gasteiger partial charge on any atom is 0.416 e. The molecule has 0 saturated carbocycles. The summed E-state index contributed by atoms with van der Waals surface area (Å²) in [6.45, 7) is 5.44. The Labute approximate surface area is 228 Å². The number of halogens is 3. The minimum atomic E-state index is -4.74. The molecule has 3 amide bonds. The molecule has 5 N–H and O–H groups in total. The summed E-state index contributed by atoms with van der Waals surface area (Å²) >= 11 is 0. The van der Waals surface area contributed by atoms with Crippen LogP contribution in [0.3, 0.4) is 0 Å². The molecule has 0 radical (unpaired) electrons. The number of hydrogen-bond donors (Lipinski definition) is 5. The Kier molecular flexibility index (Phi) is 7.83. The van der Waals surface area contributed by atoms with Gasteiger partial charge in [-0.05, 0) is 61.9 Å². The first-order valence-electron chi connectivity index (χ1n) is 12.2. The van der Waals surface area contributed by atoms with E-state index in [4.69, 9.17) is 0 Å². The van der Waals surface area contributed by atoms with E-state index in [-0.39, 0.29) is 35.8 Å². The number of fused-ring (bicyclic) bond motifs is 2. The third-order valence-corrected chi connectivity index (χ3v) is 6.94. The highest BCUT2D eigenvalue weighted by Gasteiger charge is 2.42. The molecule has 0 aliphatic carbocycles. The summed E-state index contributed by atoms with van der Waals surface area (Å²) in [5.74, 6) is -1.65. The molecule has 1 spiro atoms. The number of carbonyl (C=O) groups excluding carboxylic acids is 3. The van der Waals surface area contributed by atoms with Gasteiger partial charge in [0, 0.05) is 52.9 Å². The van der Waals surface area contributed by atoms with E-state index < -0.39 is 23.6 Å². The van der Waals surface area contributed by atoms with Crippen molar-refractivity contribution < 1.29 is 27.6 Å². The summed E-state index contributed by atoms with van der Waals surface area (Å²) in [4.78, 5) is 44.7. The van der Waals surface area contributed by atoms with Gasteiger partial charge in [-0.1, -0.05) is 14.0 Å². The highest BCUT2D eigenvalue weighted by molar-refractivity contribution is 6.06. The average Bonchev–Trinajstić information content (AvgIpc) is 3.39. The number of piperidine rings is 1. The maximum atomic E-state index is 13.4. The Hall–Kier alpha value is -4.45. The summed E-state index contributed by atoms with van der Waals surface area (Å²) in [6, 6.07) is 7.57. The lowest BCUT2D eigenvalue weighted by Gasteiger charge is -2.40. The van der Waals surface area contributed by atoms with Gasteiger partial charge >= 0.3 is 6.18 Å². The van der Waals surface area contributed by atoms with Crippen molar-refractivity contribution in [3.8, 4) is 11.3 Å². The third-order valence-electron chi connectivity index (χ3n) is 6.94. The van der Waals surface area contributed by atoms with Crippen molar-refractivity contribution in [1.82, 2.24) is 20.6 Å². The van der Waals surface area contributed by atoms with Gasteiger partial charge in [0.05, 0.1) is 11.1 Å². The monoisotopic (exact) mass is 554 g/mol. The van der Waals surface area contributed by atoms with E-state index in [1.807, 2.05) is 0 Å². The second kappa shape index (κ2) is 11.0. The molecule has 12 heteroatoms. The van der Waals surface area contributed by atoms with E-state index in [0.717, 1.165) is 49.8 Å². The Bertz CT molecular complexity index is 1470.